The molecule has 0 bridgehead atoms. The number of aromatic amines is 1. The van der Waals surface area contributed by atoms with Crippen LogP contribution in [0.4, 0.5) is 10.7 Å². The van der Waals surface area contributed by atoms with E-state index in [0.717, 1.165) is 5.56 Å². The third-order valence-corrected chi connectivity index (χ3v) is 4.18. The van der Waals surface area contributed by atoms with Crippen molar-refractivity contribution in [3.05, 3.63) is 59.9 Å². The third kappa shape index (κ3) is 5.09. The molecule has 3 aromatic rings. The Morgan fingerprint density at radius 3 is 2.76 bits per heavy atom. The van der Waals surface area contributed by atoms with Crippen molar-refractivity contribution in [2.75, 3.05) is 18.5 Å². The van der Waals surface area contributed by atoms with Gasteiger partial charge in [0, 0.05) is 36.1 Å². The monoisotopic (exact) mass is 397 g/mol. The minimum Gasteiger partial charge on any atom is -0.394 e. The van der Waals surface area contributed by atoms with E-state index in [4.69, 9.17) is 4.74 Å². The van der Waals surface area contributed by atoms with Crippen LogP contribution in [-0.2, 0) is 6.61 Å². The third-order valence-electron chi connectivity index (χ3n) is 4.18. The number of rotatable bonds is 8. The lowest BCUT2D eigenvalue weighted by Gasteiger charge is -2.15. The van der Waals surface area contributed by atoms with Crippen LogP contribution in [0.2, 0.25) is 0 Å². The molecule has 0 spiro atoms. The Morgan fingerprint density at radius 1 is 1.28 bits per heavy atom. The molecule has 1 unspecified atom stereocenters. The molecule has 2 aromatic heterocycles. The minimum atomic E-state index is -0.709. The largest absolute Gasteiger partial charge is 0.414 e. The van der Waals surface area contributed by atoms with E-state index < -0.39 is 12.1 Å². The standard InChI is InChI=1S/C20H23N5O4/c1-2-21-19-23-10-15(11-26)18(25-19)14-8-17(22-9-14)29-20(28)24-16(12-27)13-6-4-3-5-7-13/h3-10,16,22,26-27H,2,11-12H2,1H3,(H,24,28)(H,21,23,25). The van der Waals surface area contributed by atoms with Crippen molar-refractivity contribution in [1.29, 1.82) is 0 Å². The zero-order valence-corrected chi connectivity index (χ0v) is 15.9. The maximum Gasteiger partial charge on any atom is 0.414 e. The summed E-state index contributed by atoms with van der Waals surface area (Å²) in [6.45, 7) is 2.11. The number of H-pyrrole nitrogens is 1. The number of nitrogens with one attached hydrogen (secondary N) is 3. The SMILES string of the molecule is CCNc1ncc(CO)c(-c2c[nH]c(OC(=O)NC(CO)c3ccccc3)c2)n1. The molecule has 0 saturated heterocycles. The van der Waals surface area contributed by atoms with Gasteiger partial charge in [-0.3, -0.25) is 0 Å². The number of aromatic nitrogens is 3. The molecule has 9 heteroatoms. The lowest BCUT2D eigenvalue weighted by Crippen LogP contribution is -2.33. The van der Waals surface area contributed by atoms with Crippen LogP contribution in [0.5, 0.6) is 5.88 Å². The van der Waals surface area contributed by atoms with Crippen LogP contribution in [0.25, 0.3) is 11.3 Å². The summed E-state index contributed by atoms with van der Waals surface area (Å²) in [6, 6.07) is 10.1. The first-order valence-corrected chi connectivity index (χ1v) is 9.18. The van der Waals surface area contributed by atoms with E-state index in [-0.39, 0.29) is 19.1 Å². The van der Waals surface area contributed by atoms with Gasteiger partial charge in [0.1, 0.15) is 0 Å². The molecule has 0 radical (unpaired) electrons. The Kier molecular flexibility index (Phi) is 6.77. The van der Waals surface area contributed by atoms with E-state index in [1.54, 1.807) is 30.6 Å². The average molecular weight is 397 g/mol. The Labute approximate surface area is 167 Å². The van der Waals surface area contributed by atoms with Crippen molar-refractivity contribution in [3.8, 4) is 17.1 Å². The fourth-order valence-corrected chi connectivity index (χ4v) is 2.78. The van der Waals surface area contributed by atoms with E-state index in [2.05, 4.69) is 25.6 Å². The molecular formula is C20H23N5O4. The van der Waals surface area contributed by atoms with E-state index in [0.29, 0.717) is 29.3 Å². The maximum absolute atomic E-state index is 12.2. The Balaban J connectivity index is 1.72. The topological polar surface area (TPSA) is 132 Å². The predicted octanol–water partition coefficient (Wildman–Crippen LogP) is 2.22. The molecule has 2 heterocycles. The summed E-state index contributed by atoms with van der Waals surface area (Å²) in [6.07, 6.45) is 2.46. The van der Waals surface area contributed by atoms with E-state index in [1.807, 2.05) is 25.1 Å². The highest BCUT2D eigenvalue weighted by atomic mass is 16.6. The van der Waals surface area contributed by atoms with Crippen molar-refractivity contribution in [2.24, 2.45) is 0 Å². The van der Waals surface area contributed by atoms with Crippen molar-refractivity contribution >= 4 is 12.0 Å². The molecular weight excluding hydrogens is 374 g/mol. The minimum absolute atomic E-state index is 0.203. The van der Waals surface area contributed by atoms with E-state index in [9.17, 15) is 15.0 Å². The van der Waals surface area contributed by atoms with Gasteiger partial charge in [0.2, 0.25) is 11.8 Å². The summed E-state index contributed by atoms with van der Waals surface area (Å²) in [5.41, 5.74) is 2.48. The first kappa shape index (κ1) is 20.3. The lowest BCUT2D eigenvalue weighted by molar-refractivity contribution is 0.182. The zero-order chi connectivity index (χ0) is 20.6. The van der Waals surface area contributed by atoms with Crippen molar-refractivity contribution in [2.45, 2.75) is 19.6 Å². The van der Waals surface area contributed by atoms with Crippen LogP contribution < -0.4 is 15.4 Å². The highest BCUT2D eigenvalue weighted by molar-refractivity contribution is 5.72. The number of carbonyl (C=O) groups is 1. The van der Waals surface area contributed by atoms with Gasteiger partial charge < -0.3 is 30.6 Å². The smallest absolute Gasteiger partial charge is 0.394 e. The quantitative estimate of drug-likeness (QED) is 0.394. The molecule has 9 nitrogen and oxygen atoms in total. The average Bonchev–Trinajstić information content (AvgIpc) is 3.21. The molecule has 0 aliphatic rings. The molecule has 0 aliphatic carbocycles. The second-order valence-electron chi connectivity index (χ2n) is 6.19. The summed E-state index contributed by atoms with van der Waals surface area (Å²) in [5.74, 6) is 0.643. The summed E-state index contributed by atoms with van der Waals surface area (Å²) in [4.78, 5) is 23.6. The van der Waals surface area contributed by atoms with Crippen LogP contribution in [-0.4, -0.2) is 44.4 Å². The summed E-state index contributed by atoms with van der Waals surface area (Å²) in [5, 5.41) is 24.8. The Bertz CT molecular complexity index is 945. The Hall–Kier alpha value is -3.43. The molecule has 29 heavy (non-hydrogen) atoms. The van der Waals surface area contributed by atoms with E-state index >= 15 is 0 Å². The number of hydrogen-bond acceptors (Lipinski definition) is 7. The van der Waals surface area contributed by atoms with Gasteiger partial charge in [-0.15, -0.1) is 0 Å². The van der Waals surface area contributed by atoms with Gasteiger partial charge in [0.25, 0.3) is 0 Å². The van der Waals surface area contributed by atoms with Crippen molar-refractivity contribution in [3.63, 3.8) is 0 Å². The molecule has 0 fully saturated rings. The summed E-state index contributed by atoms with van der Waals surface area (Å²) >= 11 is 0. The van der Waals surface area contributed by atoms with Crippen LogP contribution >= 0.6 is 0 Å². The number of hydrogen-bond donors (Lipinski definition) is 5. The molecule has 1 amide bonds. The number of nitrogens with zero attached hydrogens (tertiary/aromatic N) is 2. The second-order valence-corrected chi connectivity index (χ2v) is 6.19. The van der Waals surface area contributed by atoms with Crippen molar-refractivity contribution in [1.82, 2.24) is 20.3 Å². The van der Waals surface area contributed by atoms with Gasteiger partial charge in [-0.25, -0.2) is 14.8 Å². The first-order chi connectivity index (χ1) is 14.1. The lowest BCUT2D eigenvalue weighted by atomic mass is 10.1. The van der Waals surface area contributed by atoms with Crippen LogP contribution in [0.3, 0.4) is 0 Å². The molecule has 0 saturated carbocycles. The van der Waals surface area contributed by atoms with Gasteiger partial charge >= 0.3 is 6.09 Å². The number of benzene rings is 1. The number of ether oxygens (including phenoxy) is 1. The van der Waals surface area contributed by atoms with Gasteiger partial charge in [-0.1, -0.05) is 30.3 Å². The number of carbonyl (C=O) groups excluding carboxylic acids is 1. The highest BCUT2D eigenvalue weighted by Gasteiger charge is 2.17. The van der Waals surface area contributed by atoms with Crippen LogP contribution in [0.15, 0.2) is 48.8 Å². The number of aliphatic hydroxyl groups excluding tert-OH is 2. The summed E-state index contributed by atoms with van der Waals surface area (Å²) < 4.78 is 5.28. The maximum atomic E-state index is 12.2. The Morgan fingerprint density at radius 2 is 2.07 bits per heavy atom. The number of aliphatic hydroxyl groups is 2. The van der Waals surface area contributed by atoms with Crippen LogP contribution in [0, 0.1) is 0 Å². The second kappa shape index (κ2) is 9.67. The van der Waals surface area contributed by atoms with E-state index in [1.165, 1.54) is 0 Å². The molecule has 0 aliphatic heterocycles. The molecule has 1 aromatic carbocycles. The first-order valence-electron chi connectivity index (χ1n) is 9.18. The van der Waals surface area contributed by atoms with Crippen LogP contribution in [0.1, 0.15) is 24.1 Å². The summed E-state index contributed by atoms with van der Waals surface area (Å²) in [7, 11) is 0. The van der Waals surface area contributed by atoms with Gasteiger partial charge in [-0.05, 0) is 12.5 Å². The van der Waals surface area contributed by atoms with Crippen molar-refractivity contribution < 1.29 is 19.7 Å². The van der Waals surface area contributed by atoms with Gasteiger partial charge in [0.15, 0.2) is 0 Å². The zero-order valence-electron chi connectivity index (χ0n) is 15.9. The molecule has 3 rings (SSSR count). The predicted molar refractivity (Wildman–Crippen MR) is 107 cm³/mol. The normalized spacial score (nSPS) is 11.7. The fourth-order valence-electron chi connectivity index (χ4n) is 2.78. The fraction of sp³-hybridized carbons (Fsp3) is 0.250. The molecule has 5 N–H and O–H groups in total. The molecule has 152 valence electrons. The number of anilines is 1. The molecule has 1 atom stereocenters. The van der Waals surface area contributed by atoms with Gasteiger partial charge in [0.05, 0.1) is 24.9 Å². The van der Waals surface area contributed by atoms with Gasteiger partial charge in [-0.2, -0.15) is 0 Å². The highest BCUT2D eigenvalue weighted by Crippen LogP contribution is 2.26. The number of amides is 1.